The molecule has 0 saturated heterocycles. The van der Waals surface area contributed by atoms with Gasteiger partial charge in [0.25, 0.3) is 0 Å². The minimum absolute atomic E-state index is 0.409. The predicted molar refractivity (Wildman–Crippen MR) is 84.3 cm³/mol. The number of nitrogens with one attached hydrogen (secondary N) is 1. The maximum absolute atomic E-state index is 6.02. The topological polar surface area (TPSA) is 12.0 Å². The summed E-state index contributed by atoms with van der Waals surface area (Å²) in [5.41, 5.74) is 1.32. The van der Waals surface area contributed by atoms with Gasteiger partial charge in [0.1, 0.15) is 0 Å². The first kappa shape index (κ1) is 16.0. The molecule has 0 aliphatic rings. The average Bonchev–Trinajstić information content (AvgIpc) is 2.35. The Morgan fingerprint density at radius 1 is 1.22 bits per heavy atom. The Morgan fingerprint density at radius 3 is 2.39 bits per heavy atom. The highest BCUT2D eigenvalue weighted by atomic mass is 79.9. The maximum atomic E-state index is 6.02. The van der Waals surface area contributed by atoms with Crippen LogP contribution in [-0.4, -0.2) is 6.54 Å². The zero-order valence-corrected chi connectivity index (χ0v) is 13.8. The van der Waals surface area contributed by atoms with E-state index in [2.05, 4.69) is 48.1 Å². The number of hydrogen-bond donors (Lipinski definition) is 1. The van der Waals surface area contributed by atoms with Gasteiger partial charge in [0, 0.05) is 15.5 Å². The first-order chi connectivity index (χ1) is 8.63. The Bertz CT molecular complexity index is 364. The maximum Gasteiger partial charge on any atom is 0.0417 e. The van der Waals surface area contributed by atoms with Crippen LogP contribution < -0.4 is 5.32 Å². The molecule has 0 saturated carbocycles. The number of hydrogen-bond acceptors (Lipinski definition) is 1. The highest BCUT2D eigenvalue weighted by Gasteiger charge is 2.21. The van der Waals surface area contributed by atoms with Crippen LogP contribution in [0.25, 0.3) is 0 Å². The van der Waals surface area contributed by atoms with Crippen LogP contribution in [0.15, 0.2) is 22.7 Å². The first-order valence-corrected chi connectivity index (χ1v) is 7.99. The third-order valence-corrected chi connectivity index (χ3v) is 4.35. The lowest BCUT2D eigenvalue weighted by Crippen LogP contribution is -2.29. The van der Waals surface area contributed by atoms with Crippen LogP contribution in [0, 0.1) is 5.92 Å². The Morgan fingerprint density at radius 2 is 1.89 bits per heavy atom. The van der Waals surface area contributed by atoms with Crippen molar-refractivity contribution >= 4 is 27.5 Å². The molecular formula is C15H23BrClN. The molecule has 102 valence electrons. The second kappa shape index (κ2) is 8.19. The van der Waals surface area contributed by atoms with Crippen molar-refractivity contribution in [2.75, 3.05) is 6.54 Å². The highest BCUT2D eigenvalue weighted by molar-refractivity contribution is 9.10. The number of benzene rings is 1. The fraction of sp³-hybridized carbons (Fsp3) is 0.600. The van der Waals surface area contributed by atoms with Crippen molar-refractivity contribution in [1.82, 2.24) is 5.32 Å². The Hall–Kier alpha value is -0.0500. The molecule has 1 nitrogen and oxygen atoms in total. The third kappa shape index (κ3) is 4.25. The van der Waals surface area contributed by atoms with Gasteiger partial charge in [0.05, 0.1) is 0 Å². The van der Waals surface area contributed by atoms with Crippen LogP contribution in [-0.2, 0) is 0 Å². The summed E-state index contributed by atoms with van der Waals surface area (Å²) in [5, 5.41) is 4.46. The quantitative estimate of drug-likeness (QED) is 0.687. The van der Waals surface area contributed by atoms with E-state index in [4.69, 9.17) is 11.6 Å². The van der Waals surface area contributed by atoms with Crippen LogP contribution in [0.4, 0.5) is 0 Å². The molecule has 1 N–H and O–H groups in total. The fourth-order valence-corrected chi connectivity index (χ4v) is 3.27. The first-order valence-electron chi connectivity index (χ1n) is 6.82. The van der Waals surface area contributed by atoms with E-state index < -0.39 is 0 Å². The zero-order valence-electron chi connectivity index (χ0n) is 11.5. The van der Waals surface area contributed by atoms with E-state index in [1.807, 2.05) is 12.1 Å². The molecule has 0 radical (unpaired) electrons. The van der Waals surface area contributed by atoms with Crippen molar-refractivity contribution < 1.29 is 0 Å². The zero-order chi connectivity index (χ0) is 13.5. The Balaban J connectivity index is 3.00. The van der Waals surface area contributed by atoms with Crippen molar-refractivity contribution in [3.63, 3.8) is 0 Å². The normalized spacial score (nSPS) is 13.0. The molecule has 1 aromatic rings. The molecular weight excluding hydrogens is 310 g/mol. The highest BCUT2D eigenvalue weighted by Crippen LogP contribution is 2.33. The summed E-state index contributed by atoms with van der Waals surface area (Å²) in [6, 6.07) is 6.51. The van der Waals surface area contributed by atoms with Crippen LogP contribution >= 0.6 is 27.5 Å². The summed E-state index contributed by atoms with van der Waals surface area (Å²) < 4.78 is 1.11. The second-order valence-electron chi connectivity index (χ2n) is 4.67. The van der Waals surface area contributed by atoms with Gasteiger partial charge in [-0.05, 0) is 36.6 Å². The number of rotatable bonds is 7. The molecule has 3 heteroatoms. The molecule has 18 heavy (non-hydrogen) atoms. The van der Waals surface area contributed by atoms with E-state index in [1.165, 1.54) is 18.4 Å². The molecule has 1 aromatic carbocycles. The number of halogens is 2. The summed E-state index contributed by atoms with van der Waals surface area (Å²) >= 11 is 9.66. The lowest BCUT2D eigenvalue weighted by atomic mass is 9.89. The standard InChI is InChI=1S/C15H23BrClN/c1-4-9-18-15(11(5-2)6-3)13-8-7-12(17)10-14(13)16/h7-8,10-11,15,18H,4-6,9H2,1-3H3. The van der Waals surface area contributed by atoms with Crippen molar-refractivity contribution in [1.29, 1.82) is 0 Å². The summed E-state index contributed by atoms with van der Waals surface area (Å²) in [4.78, 5) is 0. The fourth-order valence-electron chi connectivity index (χ4n) is 2.34. The Labute approximate surface area is 124 Å². The van der Waals surface area contributed by atoms with Crippen molar-refractivity contribution in [2.24, 2.45) is 5.92 Å². The van der Waals surface area contributed by atoms with Crippen LogP contribution in [0.3, 0.4) is 0 Å². The van der Waals surface area contributed by atoms with E-state index in [-0.39, 0.29) is 0 Å². The van der Waals surface area contributed by atoms with Crippen LogP contribution in [0.1, 0.15) is 51.6 Å². The lowest BCUT2D eigenvalue weighted by molar-refractivity contribution is 0.340. The van der Waals surface area contributed by atoms with Crippen LogP contribution in [0.2, 0.25) is 5.02 Å². The SMILES string of the molecule is CCCNC(c1ccc(Cl)cc1Br)C(CC)CC. The molecule has 1 atom stereocenters. The minimum atomic E-state index is 0.409. The monoisotopic (exact) mass is 331 g/mol. The summed E-state index contributed by atoms with van der Waals surface area (Å²) in [7, 11) is 0. The lowest BCUT2D eigenvalue weighted by Gasteiger charge is -2.28. The van der Waals surface area contributed by atoms with Crippen molar-refractivity contribution in [2.45, 2.75) is 46.1 Å². The van der Waals surface area contributed by atoms with Gasteiger partial charge in [-0.1, -0.05) is 67.2 Å². The molecule has 0 aromatic heterocycles. The molecule has 0 aliphatic heterocycles. The van der Waals surface area contributed by atoms with E-state index in [0.717, 1.165) is 22.5 Å². The molecule has 1 unspecified atom stereocenters. The van der Waals surface area contributed by atoms with E-state index >= 15 is 0 Å². The largest absolute Gasteiger partial charge is 0.310 e. The Kier molecular flexibility index (Phi) is 7.28. The summed E-state index contributed by atoms with van der Waals surface area (Å²) in [5.74, 6) is 0.661. The minimum Gasteiger partial charge on any atom is -0.310 e. The van der Waals surface area contributed by atoms with Crippen molar-refractivity contribution in [3.05, 3.63) is 33.3 Å². The van der Waals surface area contributed by atoms with Gasteiger partial charge in [-0.15, -0.1) is 0 Å². The van der Waals surface area contributed by atoms with E-state index in [1.54, 1.807) is 0 Å². The van der Waals surface area contributed by atoms with Gasteiger partial charge >= 0.3 is 0 Å². The van der Waals surface area contributed by atoms with E-state index in [9.17, 15) is 0 Å². The van der Waals surface area contributed by atoms with Gasteiger partial charge in [0.15, 0.2) is 0 Å². The van der Waals surface area contributed by atoms with Gasteiger partial charge in [-0.3, -0.25) is 0 Å². The van der Waals surface area contributed by atoms with Crippen LogP contribution in [0.5, 0.6) is 0 Å². The van der Waals surface area contributed by atoms with Gasteiger partial charge in [0.2, 0.25) is 0 Å². The molecule has 0 amide bonds. The smallest absolute Gasteiger partial charge is 0.0417 e. The third-order valence-electron chi connectivity index (χ3n) is 3.43. The second-order valence-corrected chi connectivity index (χ2v) is 5.96. The molecule has 1 rings (SSSR count). The predicted octanol–water partition coefficient (Wildman–Crippen LogP) is 5.58. The van der Waals surface area contributed by atoms with E-state index in [0.29, 0.717) is 12.0 Å². The average molecular weight is 333 g/mol. The molecule has 0 heterocycles. The molecule has 0 spiro atoms. The van der Waals surface area contributed by atoms with Gasteiger partial charge in [-0.2, -0.15) is 0 Å². The van der Waals surface area contributed by atoms with Crippen molar-refractivity contribution in [3.8, 4) is 0 Å². The summed E-state index contributed by atoms with van der Waals surface area (Å²) in [6.07, 6.45) is 3.53. The molecule has 0 aliphatic carbocycles. The van der Waals surface area contributed by atoms with Gasteiger partial charge in [-0.25, -0.2) is 0 Å². The summed E-state index contributed by atoms with van der Waals surface area (Å²) in [6.45, 7) is 7.78. The van der Waals surface area contributed by atoms with Gasteiger partial charge < -0.3 is 5.32 Å². The molecule has 0 fully saturated rings. The molecule has 0 bridgehead atoms.